The van der Waals surface area contributed by atoms with Crippen LogP contribution in [0.5, 0.6) is 5.75 Å². The molecule has 2 aromatic carbocycles. The summed E-state index contributed by atoms with van der Waals surface area (Å²) in [5.74, 6) is -0.108. The minimum atomic E-state index is -0.355. The van der Waals surface area contributed by atoms with Gasteiger partial charge in [0.2, 0.25) is 0 Å². The van der Waals surface area contributed by atoms with Crippen LogP contribution in [0.25, 0.3) is 10.9 Å². The summed E-state index contributed by atoms with van der Waals surface area (Å²) >= 11 is 0. The number of fused-ring (bicyclic) bond motifs is 1. The largest absolute Gasteiger partial charge is 0.494 e. The minimum Gasteiger partial charge on any atom is -0.494 e. The highest BCUT2D eigenvalue weighted by atomic mass is 19.1. The highest BCUT2D eigenvalue weighted by Crippen LogP contribution is 2.22. The summed E-state index contributed by atoms with van der Waals surface area (Å²) < 4.78 is 18.3. The zero-order valence-electron chi connectivity index (χ0n) is 11.1. The van der Waals surface area contributed by atoms with Crippen LogP contribution < -0.4 is 10.1 Å². The van der Waals surface area contributed by atoms with Crippen molar-refractivity contribution in [3.8, 4) is 5.75 Å². The lowest BCUT2D eigenvalue weighted by atomic mass is 10.1. The van der Waals surface area contributed by atoms with Gasteiger partial charge in [0.05, 0.1) is 7.11 Å². The van der Waals surface area contributed by atoms with Crippen molar-refractivity contribution in [1.82, 2.24) is 4.98 Å². The Bertz CT molecular complexity index is 736. The maximum atomic E-state index is 13.3. The molecular formula is C16H15FN2O. The summed E-state index contributed by atoms with van der Waals surface area (Å²) in [6.07, 6.45) is 1.92. The summed E-state index contributed by atoms with van der Waals surface area (Å²) in [5.41, 5.74) is 3.12. The number of ether oxygens (including phenoxy) is 1. The number of benzene rings is 2. The van der Waals surface area contributed by atoms with E-state index in [1.807, 2.05) is 12.3 Å². The Hall–Kier alpha value is -2.49. The van der Waals surface area contributed by atoms with E-state index in [1.165, 1.54) is 24.1 Å². The molecule has 20 heavy (non-hydrogen) atoms. The van der Waals surface area contributed by atoms with Crippen molar-refractivity contribution in [2.45, 2.75) is 6.54 Å². The number of nitrogens with one attached hydrogen (secondary N) is 2. The van der Waals surface area contributed by atoms with Gasteiger partial charge in [0.25, 0.3) is 0 Å². The van der Waals surface area contributed by atoms with Crippen molar-refractivity contribution >= 4 is 16.6 Å². The molecule has 1 heterocycles. The van der Waals surface area contributed by atoms with Crippen molar-refractivity contribution in [1.29, 1.82) is 0 Å². The smallest absolute Gasteiger partial charge is 0.165 e. The van der Waals surface area contributed by atoms with E-state index in [9.17, 15) is 4.39 Å². The Kier molecular flexibility index (Phi) is 3.29. The zero-order chi connectivity index (χ0) is 13.9. The van der Waals surface area contributed by atoms with E-state index < -0.39 is 0 Å². The molecule has 0 aliphatic rings. The Labute approximate surface area is 116 Å². The number of methoxy groups -OCH3 is 1. The van der Waals surface area contributed by atoms with Gasteiger partial charge in [-0.15, -0.1) is 0 Å². The van der Waals surface area contributed by atoms with Crippen LogP contribution in [0.4, 0.5) is 10.1 Å². The van der Waals surface area contributed by atoms with Gasteiger partial charge < -0.3 is 15.0 Å². The molecule has 0 aliphatic heterocycles. The fourth-order valence-electron chi connectivity index (χ4n) is 2.19. The van der Waals surface area contributed by atoms with Gasteiger partial charge in [-0.2, -0.15) is 0 Å². The second-order valence-corrected chi connectivity index (χ2v) is 4.60. The molecule has 4 heteroatoms. The van der Waals surface area contributed by atoms with E-state index in [4.69, 9.17) is 4.74 Å². The number of aromatic amines is 1. The maximum Gasteiger partial charge on any atom is 0.165 e. The number of anilines is 1. The predicted molar refractivity (Wildman–Crippen MR) is 78.6 cm³/mol. The monoisotopic (exact) mass is 270 g/mol. The van der Waals surface area contributed by atoms with Gasteiger partial charge in [-0.1, -0.05) is 6.07 Å². The zero-order valence-corrected chi connectivity index (χ0v) is 11.1. The third-order valence-corrected chi connectivity index (χ3v) is 3.27. The Morgan fingerprint density at radius 1 is 1.15 bits per heavy atom. The highest BCUT2D eigenvalue weighted by Gasteiger charge is 2.03. The fourth-order valence-corrected chi connectivity index (χ4v) is 2.19. The summed E-state index contributed by atoms with van der Waals surface area (Å²) in [6.45, 7) is 0.676. The Morgan fingerprint density at radius 2 is 2.05 bits per heavy atom. The predicted octanol–water partition coefficient (Wildman–Crippen LogP) is 3.93. The van der Waals surface area contributed by atoms with Crippen LogP contribution in [0.15, 0.2) is 48.7 Å². The second-order valence-electron chi connectivity index (χ2n) is 4.60. The van der Waals surface area contributed by atoms with Gasteiger partial charge in [0, 0.05) is 30.0 Å². The first-order chi connectivity index (χ1) is 9.76. The van der Waals surface area contributed by atoms with Crippen LogP contribution in [0.1, 0.15) is 5.56 Å². The average Bonchev–Trinajstić information content (AvgIpc) is 2.94. The van der Waals surface area contributed by atoms with E-state index in [-0.39, 0.29) is 11.6 Å². The highest BCUT2D eigenvalue weighted by molar-refractivity contribution is 5.79. The van der Waals surface area contributed by atoms with Crippen molar-refractivity contribution in [3.63, 3.8) is 0 Å². The number of aromatic nitrogens is 1. The molecule has 0 amide bonds. The third kappa shape index (κ3) is 2.45. The first-order valence-corrected chi connectivity index (χ1v) is 6.40. The summed E-state index contributed by atoms with van der Waals surface area (Å²) in [7, 11) is 1.46. The molecule has 0 saturated heterocycles. The van der Waals surface area contributed by atoms with E-state index in [2.05, 4.69) is 28.5 Å². The standard InChI is InChI=1S/C16H15FN2O/c1-20-16-9-13(3-4-14(16)17)19-10-11-2-5-15-12(8-11)6-7-18-15/h2-9,18-19H,10H2,1H3. The van der Waals surface area contributed by atoms with Crippen LogP contribution in [0.2, 0.25) is 0 Å². The molecule has 3 nitrogen and oxygen atoms in total. The van der Waals surface area contributed by atoms with E-state index in [1.54, 1.807) is 12.1 Å². The second kappa shape index (κ2) is 5.25. The number of hydrogen-bond donors (Lipinski definition) is 2. The minimum absolute atomic E-state index is 0.246. The Morgan fingerprint density at radius 3 is 2.90 bits per heavy atom. The van der Waals surface area contributed by atoms with Gasteiger partial charge in [-0.3, -0.25) is 0 Å². The average molecular weight is 270 g/mol. The fraction of sp³-hybridized carbons (Fsp3) is 0.125. The van der Waals surface area contributed by atoms with E-state index in [0.29, 0.717) is 6.54 Å². The van der Waals surface area contributed by atoms with Crippen LogP contribution in [0.3, 0.4) is 0 Å². The molecular weight excluding hydrogens is 255 g/mol. The normalized spacial score (nSPS) is 10.7. The van der Waals surface area contributed by atoms with E-state index in [0.717, 1.165) is 11.2 Å². The Balaban J connectivity index is 1.75. The molecule has 102 valence electrons. The molecule has 0 aliphatic carbocycles. The van der Waals surface area contributed by atoms with Gasteiger partial charge >= 0.3 is 0 Å². The number of hydrogen-bond acceptors (Lipinski definition) is 2. The number of halogens is 1. The molecule has 0 saturated carbocycles. The van der Waals surface area contributed by atoms with Crippen molar-refractivity contribution in [2.75, 3.05) is 12.4 Å². The SMILES string of the molecule is COc1cc(NCc2ccc3[nH]ccc3c2)ccc1F. The van der Waals surface area contributed by atoms with Crippen molar-refractivity contribution in [2.24, 2.45) is 0 Å². The number of rotatable bonds is 4. The third-order valence-electron chi connectivity index (χ3n) is 3.27. The van der Waals surface area contributed by atoms with Crippen LogP contribution >= 0.6 is 0 Å². The topological polar surface area (TPSA) is 37.0 Å². The molecule has 0 atom stereocenters. The lowest BCUT2D eigenvalue weighted by molar-refractivity contribution is 0.387. The van der Waals surface area contributed by atoms with Gasteiger partial charge in [-0.05, 0) is 41.3 Å². The quantitative estimate of drug-likeness (QED) is 0.753. The molecule has 0 radical (unpaired) electrons. The molecule has 0 bridgehead atoms. The van der Waals surface area contributed by atoms with Crippen molar-refractivity contribution < 1.29 is 9.13 Å². The first-order valence-electron chi connectivity index (χ1n) is 6.40. The maximum absolute atomic E-state index is 13.3. The van der Waals surface area contributed by atoms with Crippen LogP contribution in [-0.2, 0) is 6.54 Å². The van der Waals surface area contributed by atoms with Gasteiger partial charge in [0.15, 0.2) is 11.6 Å². The summed E-state index contributed by atoms with van der Waals surface area (Å²) in [5, 5.41) is 4.44. The van der Waals surface area contributed by atoms with Crippen molar-refractivity contribution in [3.05, 3.63) is 60.0 Å². The summed E-state index contributed by atoms with van der Waals surface area (Å²) in [4.78, 5) is 3.16. The molecule has 3 rings (SSSR count). The molecule has 0 spiro atoms. The van der Waals surface area contributed by atoms with E-state index >= 15 is 0 Å². The lowest BCUT2D eigenvalue weighted by Crippen LogP contribution is -2.00. The lowest BCUT2D eigenvalue weighted by Gasteiger charge is -2.09. The summed E-state index contributed by atoms with van der Waals surface area (Å²) in [6, 6.07) is 13.0. The molecule has 2 N–H and O–H groups in total. The molecule has 1 aromatic heterocycles. The molecule has 0 unspecified atom stereocenters. The first kappa shape index (κ1) is 12.5. The van der Waals surface area contributed by atoms with Crippen LogP contribution in [-0.4, -0.2) is 12.1 Å². The molecule has 3 aromatic rings. The van der Waals surface area contributed by atoms with Gasteiger partial charge in [-0.25, -0.2) is 4.39 Å². The van der Waals surface area contributed by atoms with Gasteiger partial charge in [0.1, 0.15) is 0 Å². The van der Waals surface area contributed by atoms with Crippen LogP contribution in [0, 0.1) is 5.82 Å². The number of H-pyrrole nitrogens is 1. The molecule has 0 fully saturated rings.